The largest absolute Gasteiger partial charge is 0.491 e. The summed E-state index contributed by atoms with van der Waals surface area (Å²) in [5.41, 5.74) is 6.08. The lowest BCUT2D eigenvalue weighted by Gasteiger charge is -2.17. The normalized spacial score (nSPS) is 12.4. The van der Waals surface area contributed by atoms with E-state index >= 15 is 0 Å². The van der Waals surface area contributed by atoms with Crippen LogP contribution in [0.25, 0.3) is 38.4 Å². The van der Waals surface area contributed by atoms with Gasteiger partial charge in [0.25, 0.3) is 5.56 Å². The minimum atomic E-state index is -0.411. The van der Waals surface area contributed by atoms with Crippen molar-refractivity contribution in [2.45, 2.75) is 46.8 Å². The van der Waals surface area contributed by atoms with E-state index in [0.29, 0.717) is 27.7 Å². The van der Waals surface area contributed by atoms with E-state index < -0.39 is 6.04 Å². The lowest BCUT2D eigenvalue weighted by molar-refractivity contribution is 0.241. The fourth-order valence-corrected chi connectivity index (χ4v) is 6.07. The Labute approximate surface area is 241 Å². The fourth-order valence-electron chi connectivity index (χ4n) is 5.21. The van der Waals surface area contributed by atoms with Gasteiger partial charge in [0.05, 0.1) is 28.8 Å². The van der Waals surface area contributed by atoms with Crippen LogP contribution in [-0.2, 0) is 0 Å². The number of benzene rings is 2. The molecular weight excluding hydrogens is 534 g/mol. The zero-order valence-corrected chi connectivity index (χ0v) is 24.7. The van der Waals surface area contributed by atoms with Gasteiger partial charge in [0.15, 0.2) is 10.6 Å². The molecule has 0 saturated carbocycles. The molecule has 0 fully saturated rings. The summed E-state index contributed by atoms with van der Waals surface area (Å²) >= 11 is 1.45. The van der Waals surface area contributed by atoms with Crippen molar-refractivity contribution >= 4 is 33.1 Å². The molecule has 4 heterocycles. The van der Waals surface area contributed by atoms with Gasteiger partial charge in [-0.15, -0.1) is 11.3 Å². The summed E-state index contributed by atoms with van der Waals surface area (Å²) in [4.78, 5) is 28.8. The molecule has 41 heavy (non-hydrogen) atoms. The van der Waals surface area contributed by atoms with Crippen LogP contribution in [0.1, 0.15) is 43.8 Å². The van der Waals surface area contributed by atoms with Crippen LogP contribution in [0.15, 0.2) is 65.0 Å². The number of rotatable bonds is 7. The number of hydrogen-bond acceptors (Lipinski definition) is 8. The quantitative estimate of drug-likeness (QED) is 0.243. The summed E-state index contributed by atoms with van der Waals surface area (Å²) in [7, 11) is 1.83. The summed E-state index contributed by atoms with van der Waals surface area (Å²) < 4.78 is 9.51. The maximum absolute atomic E-state index is 14.0. The lowest BCUT2D eigenvalue weighted by atomic mass is 10.0. The number of nitrogens with zero attached hydrogens (tertiary/aromatic N) is 6. The number of hydrogen-bond donors (Lipinski definition) is 1. The molecule has 6 aromatic rings. The van der Waals surface area contributed by atoms with E-state index in [2.05, 4.69) is 21.4 Å². The maximum Gasteiger partial charge on any atom is 0.266 e. The van der Waals surface area contributed by atoms with E-state index in [1.54, 1.807) is 4.40 Å². The van der Waals surface area contributed by atoms with Crippen LogP contribution >= 0.6 is 11.3 Å². The predicted molar refractivity (Wildman–Crippen MR) is 164 cm³/mol. The van der Waals surface area contributed by atoms with Crippen molar-refractivity contribution in [1.82, 2.24) is 29.1 Å². The highest BCUT2D eigenvalue weighted by Gasteiger charge is 2.27. The van der Waals surface area contributed by atoms with Gasteiger partial charge in [0.2, 0.25) is 0 Å². The van der Waals surface area contributed by atoms with Gasteiger partial charge >= 0.3 is 0 Å². The minimum absolute atomic E-state index is 0.0737. The van der Waals surface area contributed by atoms with Crippen LogP contribution in [0.3, 0.4) is 0 Å². The first-order valence-electron chi connectivity index (χ1n) is 13.5. The Bertz CT molecular complexity index is 1960. The third-order valence-electron chi connectivity index (χ3n) is 7.13. The second-order valence-corrected chi connectivity index (χ2v) is 11.2. The molecule has 6 rings (SSSR count). The molecule has 0 unspecified atom stereocenters. The molecule has 0 spiro atoms. The van der Waals surface area contributed by atoms with E-state index in [1.807, 2.05) is 94.2 Å². The molecule has 208 valence electrons. The zero-order chi connectivity index (χ0) is 28.8. The average molecular weight is 566 g/mol. The first-order valence-corrected chi connectivity index (χ1v) is 14.4. The Morgan fingerprint density at radius 3 is 2.49 bits per heavy atom. The van der Waals surface area contributed by atoms with E-state index in [0.717, 1.165) is 39.2 Å². The van der Waals surface area contributed by atoms with Gasteiger partial charge in [-0.2, -0.15) is 5.10 Å². The highest BCUT2D eigenvalue weighted by atomic mass is 32.1. The Hall–Kier alpha value is -4.57. The van der Waals surface area contributed by atoms with Crippen LogP contribution in [0.4, 0.5) is 5.82 Å². The van der Waals surface area contributed by atoms with E-state index in [4.69, 9.17) is 14.8 Å². The highest BCUT2D eigenvalue weighted by molar-refractivity contribution is 7.15. The van der Waals surface area contributed by atoms with Gasteiger partial charge in [0.1, 0.15) is 23.6 Å². The van der Waals surface area contributed by atoms with E-state index in [1.165, 1.54) is 17.7 Å². The van der Waals surface area contributed by atoms with Crippen LogP contribution in [-0.4, -0.2) is 42.3 Å². The molecule has 4 aromatic heterocycles. The molecule has 0 bridgehead atoms. The van der Waals surface area contributed by atoms with Gasteiger partial charge < -0.3 is 10.1 Å². The van der Waals surface area contributed by atoms with Crippen molar-refractivity contribution in [2.24, 2.45) is 0 Å². The second-order valence-electron chi connectivity index (χ2n) is 10.3. The average Bonchev–Trinajstić information content (AvgIpc) is 3.55. The molecule has 0 radical (unpaired) electrons. The summed E-state index contributed by atoms with van der Waals surface area (Å²) in [6.07, 6.45) is 1.60. The van der Waals surface area contributed by atoms with Crippen LogP contribution < -0.4 is 15.6 Å². The van der Waals surface area contributed by atoms with Crippen molar-refractivity contribution in [3.63, 3.8) is 0 Å². The maximum atomic E-state index is 14.0. The van der Waals surface area contributed by atoms with Crippen molar-refractivity contribution in [3.05, 3.63) is 87.5 Å². The molecule has 10 heteroatoms. The Morgan fingerprint density at radius 2 is 1.78 bits per heavy atom. The van der Waals surface area contributed by atoms with Crippen molar-refractivity contribution in [2.75, 3.05) is 12.4 Å². The molecule has 1 atom stereocenters. The van der Waals surface area contributed by atoms with Gasteiger partial charge in [-0.3, -0.25) is 9.20 Å². The van der Waals surface area contributed by atoms with Gasteiger partial charge in [-0.05, 0) is 63.9 Å². The molecule has 0 aliphatic rings. The van der Waals surface area contributed by atoms with Crippen LogP contribution in [0, 0.1) is 13.8 Å². The highest BCUT2D eigenvalue weighted by Crippen LogP contribution is 2.37. The second kappa shape index (κ2) is 10.4. The SMILES string of the molecule is CNc1ncnc2c1c(-c1ccc(OC(C)C)c(C)c1)nn2[C@@H](C)c1nc2scc(C)n2c(=O)c1-c1ccccc1. The number of nitrogens with one attached hydrogen (secondary N) is 1. The number of aromatic nitrogens is 6. The zero-order valence-electron chi connectivity index (χ0n) is 23.8. The smallest absolute Gasteiger partial charge is 0.266 e. The van der Waals surface area contributed by atoms with E-state index in [9.17, 15) is 4.79 Å². The molecule has 0 aliphatic heterocycles. The molecule has 9 nitrogen and oxygen atoms in total. The minimum Gasteiger partial charge on any atom is -0.491 e. The number of thiazole rings is 1. The summed E-state index contributed by atoms with van der Waals surface area (Å²) in [6.45, 7) is 9.98. The molecule has 0 aliphatic carbocycles. The first kappa shape index (κ1) is 26.6. The van der Waals surface area contributed by atoms with E-state index in [-0.39, 0.29) is 11.7 Å². The monoisotopic (exact) mass is 565 g/mol. The third kappa shape index (κ3) is 4.54. The third-order valence-corrected chi connectivity index (χ3v) is 8.07. The summed E-state index contributed by atoms with van der Waals surface area (Å²) in [5.74, 6) is 1.51. The first-order chi connectivity index (χ1) is 19.8. The number of fused-ring (bicyclic) bond motifs is 2. The van der Waals surface area contributed by atoms with Gasteiger partial charge in [-0.1, -0.05) is 30.3 Å². The predicted octanol–water partition coefficient (Wildman–Crippen LogP) is 6.28. The summed E-state index contributed by atoms with van der Waals surface area (Å²) in [6, 6.07) is 15.3. The topological polar surface area (TPSA) is 99.2 Å². The molecule has 0 saturated heterocycles. The molecule has 2 aromatic carbocycles. The lowest BCUT2D eigenvalue weighted by Crippen LogP contribution is -2.23. The van der Waals surface area contributed by atoms with Gasteiger partial charge in [0, 0.05) is 23.7 Å². The Morgan fingerprint density at radius 1 is 1.00 bits per heavy atom. The van der Waals surface area contributed by atoms with Gasteiger partial charge in [-0.25, -0.2) is 19.6 Å². The van der Waals surface area contributed by atoms with Crippen molar-refractivity contribution in [1.29, 1.82) is 0 Å². The summed E-state index contributed by atoms with van der Waals surface area (Å²) in [5, 5.41) is 11.1. The Balaban J connectivity index is 1.59. The van der Waals surface area contributed by atoms with Crippen molar-refractivity contribution < 1.29 is 4.74 Å². The fraction of sp³-hybridized carbons (Fsp3) is 0.258. The number of anilines is 1. The molecule has 1 N–H and O–H groups in total. The molecular formula is C31H31N7O2S. The van der Waals surface area contributed by atoms with Crippen LogP contribution in [0.2, 0.25) is 0 Å². The number of aryl methyl sites for hydroxylation is 2. The standard InChI is InChI=1S/C31H31N7O2S/c1-17(2)40-23-13-12-22(14-18(23)3)27-25-28(32-6)33-16-34-29(25)38(36-27)20(5)26-24(21-10-8-7-9-11-21)30(39)37-19(4)15-41-31(37)35-26/h7-17,20H,1-6H3,(H,32,33,34)/t20-/m0/s1. The Kier molecular flexibility index (Phi) is 6.78. The molecule has 0 amide bonds. The number of ether oxygens (including phenoxy) is 1. The van der Waals surface area contributed by atoms with Crippen molar-refractivity contribution in [3.8, 4) is 28.1 Å². The van der Waals surface area contributed by atoms with Crippen LogP contribution in [0.5, 0.6) is 5.75 Å².